The number of hydrogen-bond acceptors (Lipinski definition) is 3. The Morgan fingerprint density at radius 1 is 1.17 bits per heavy atom. The maximum atomic E-state index is 5.55. The van der Waals surface area contributed by atoms with Gasteiger partial charge >= 0.3 is 0 Å². The standard InChI is InChI=1S/C9H18O3/c1-5-10-9(11-6-2)7-8(3,4)12-9/h5-7H2,1-4H3. The van der Waals surface area contributed by atoms with Crippen molar-refractivity contribution < 1.29 is 14.2 Å². The highest BCUT2D eigenvalue weighted by molar-refractivity contribution is 4.86. The molecule has 3 nitrogen and oxygen atoms in total. The molecule has 3 heteroatoms. The van der Waals surface area contributed by atoms with Crippen molar-refractivity contribution in [2.24, 2.45) is 0 Å². The third-order valence-electron chi connectivity index (χ3n) is 1.80. The van der Waals surface area contributed by atoms with Gasteiger partial charge in [-0.2, -0.15) is 0 Å². The zero-order valence-corrected chi connectivity index (χ0v) is 8.35. The summed E-state index contributed by atoms with van der Waals surface area (Å²) in [4.78, 5) is 0. The summed E-state index contributed by atoms with van der Waals surface area (Å²) >= 11 is 0. The molecule has 0 aromatic rings. The Balaban J connectivity index is 2.43. The highest BCUT2D eigenvalue weighted by Crippen LogP contribution is 2.42. The van der Waals surface area contributed by atoms with Crippen molar-refractivity contribution >= 4 is 0 Å². The zero-order chi connectivity index (χ0) is 9.24. The van der Waals surface area contributed by atoms with Gasteiger partial charge in [0.1, 0.15) is 0 Å². The van der Waals surface area contributed by atoms with Gasteiger partial charge in [0.15, 0.2) is 0 Å². The van der Waals surface area contributed by atoms with Crippen LogP contribution in [0.1, 0.15) is 34.1 Å². The minimum atomic E-state index is -0.743. The molecule has 12 heavy (non-hydrogen) atoms. The van der Waals surface area contributed by atoms with Gasteiger partial charge in [-0.15, -0.1) is 0 Å². The van der Waals surface area contributed by atoms with Crippen LogP contribution in [-0.2, 0) is 14.2 Å². The molecule has 0 unspecified atom stereocenters. The van der Waals surface area contributed by atoms with E-state index in [-0.39, 0.29) is 5.60 Å². The molecular weight excluding hydrogens is 156 g/mol. The third-order valence-corrected chi connectivity index (χ3v) is 1.80. The molecule has 0 radical (unpaired) electrons. The maximum Gasteiger partial charge on any atom is 0.286 e. The first-order valence-corrected chi connectivity index (χ1v) is 4.52. The molecule has 0 aliphatic carbocycles. The largest absolute Gasteiger partial charge is 0.328 e. The third kappa shape index (κ3) is 1.97. The quantitative estimate of drug-likeness (QED) is 0.609. The van der Waals surface area contributed by atoms with Crippen LogP contribution < -0.4 is 0 Å². The predicted octanol–water partition coefficient (Wildman–Crippen LogP) is 1.91. The van der Waals surface area contributed by atoms with Crippen molar-refractivity contribution in [2.45, 2.75) is 45.7 Å². The topological polar surface area (TPSA) is 27.7 Å². The van der Waals surface area contributed by atoms with Gasteiger partial charge < -0.3 is 14.2 Å². The van der Waals surface area contributed by atoms with Crippen molar-refractivity contribution in [3.05, 3.63) is 0 Å². The Morgan fingerprint density at radius 2 is 1.58 bits per heavy atom. The van der Waals surface area contributed by atoms with Crippen molar-refractivity contribution in [2.75, 3.05) is 13.2 Å². The van der Waals surface area contributed by atoms with Gasteiger partial charge in [0.05, 0.1) is 12.0 Å². The minimum Gasteiger partial charge on any atom is -0.328 e. The normalized spacial score (nSPS) is 25.0. The molecule has 1 aliphatic heterocycles. The zero-order valence-electron chi connectivity index (χ0n) is 8.35. The summed E-state index contributed by atoms with van der Waals surface area (Å²) in [6.45, 7) is 9.18. The SMILES string of the molecule is CCOC1(OCC)CC(C)(C)O1. The Morgan fingerprint density at radius 3 is 1.83 bits per heavy atom. The van der Waals surface area contributed by atoms with Gasteiger partial charge in [0.2, 0.25) is 0 Å². The second kappa shape index (κ2) is 3.32. The molecule has 0 amide bonds. The van der Waals surface area contributed by atoms with E-state index in [1.165, 1.54) is 0 Å². The van der Waals surface area contributed by atoms with E-state index in [2.05, 4.69) is 0 Å². The molecular formula is C9H18O3. The van der Waals surface area contributed by atoms with Gasteiger partial charge in [0, 0.05) is 13.2 Å². The van der Waals surface area contributed by atoms with Crippen LogP contribution in [0.5, 0.6) is 0 Å². The lowest BCUT2D eigenvalue weighted by Crippen LogP contribution is -2.59. The molecule has 0 aromatic carbocycles. The van der Waals surface area contributed by atoms with Crippen LogP contribution in [0.3, 0.4) is 0 Å². The number of hydrogen-bond donors (Lipinski definition) is 0. The first kappa shape index (κ1) is 9.96. The predicted molar refractivity (Wildman–Crippen MR) is 45.8 cm³/mol. The van der Waals surface area contributed by atoms with Gasteiger partial charge in [-0.05, 0) is 27.7 Å². The number of ether oxygens (including phenoxy) is 3. The molecule has 1 saturated heterocycles. The summed E-state index contributed by atoms with van der Waals surface area (Å²) in [6, 6.07) is 0. The summed E-state index contributed by atoms with van der Waals surface area (Å²) in [6.07, 6.45) is 0.807. The van der Waals surface area contributed by atoms with E-state index in [0.29, 0.717) is 13.2 Å². The molecule has 0 saturated carbocycles. The Bertz CT molecular complexity index is 138. The van der Waals surface area contributed by atoms with E-state index in [1.54, 1.807) is 0 Å². The monoisotopic (exact) mass is 174 g/mol. The van der Waals surface area contributed by atoms with Crippen molar-refractivity contribution in [3.63, 3.8) is 0 Å². The van der Waals surface area contributed by atoms with E-state index in [1.807, 2.05) is 27.7 Å². The number of rotatable bonds is 4. The first-order chi connectivity index (χ1) is 5.54. The molecule has 1 heterocycles. The lowest BCUT2D eigenvalue weighted by Gasteiger charge is -2.50. The Labute approximate surface area is 74.0 Å². The molecule has 1 fully saturated rings. The highest BCUT2D eigenvalue weighted by atomic mass is 16.9. The minimum absolute atomic E-state index is 0.0929. The lowest BCUT2D eigenvalue weighted by atomic mass is 9.96. The van der Waals surface area contributed by atoms with E-state index < -0.39 is 5.97 Å². The molecule has 0 N–H and O–H groups in total. The fourth-order valence-corrected chi connectivity index (χ4v) is 1.58. The Hall–Kier alpha value is -0.120. The van der Waals surface area contributed by atoms with Crippen LogP contribution in [0.15, 0.2) is 0 Å². The summed E-state index contributed by atoms with van der Waals surface area (Å²) in [7, 11) is 0. The van der Waals surface area contributed by atoms with Crippen molar-refractivity contribution in [1.82, 2.24) is 0 Å². The lowest BCUT2D eigenvalue weighted by molar-refractivity contribution is -0.480. The van der Waals surface area contributed by atoms with E-state index in [9.17, 15) is 0 Å². The molecule has 0 spiro atoms. The van der Waals surface area contributed by atoms with Gasteiger partial charge in [-0.25, -0.2) is 0 Å². The van der Waals surface area contributed by atoms with Crippen LogP contribution in [0.4, 0.5) is 0 Å². The van der Waals surface area contributed by atoms with Gasteiger partial charge in [-0.1, -0.05) is 0 Å². The summed E-state index contributed by atoms with van der Waals surface area (Å²) in [5.74, 6) is -0.743. The Kier molecular flexibility index (Phi) is 2.76. The van der Waals surface area contributed by atoms with E-state index >= 15 is 0 Å². The smallest absolute Gasteiger partial charge is 0.286 e. The summed E-state index contributed by atoms with van der Waals surface area (Å²) < 4.78 is 16.3. The molecule has 0 bridgehead atoms. The van der Waals surface area contributed by atoms with Crippen molar-refractivity contribution in [1.29, 1.82) is 0 Å². The molecule has 1 aliphatic rings. The van der Waals surface area contributed by atoms with Gasteiger partial charge in [0.25, 0.3) is 5.97 Å². The second-order valence-corrected chi connectivity index (χ2v) is 3.59. The maximum absolute atomic E-state index is 5.55. The van der Waals surface area contributed by atoms with Crippen LogP contribution in [0.2, 0.25) is 0 Å². The molecule has 72 valence electrons. The summed E-state index contributed by atoms with van der Waals surface area (Å²) in [5, 5.41) is 0. The molecule has 1 rings (SSSR count). The van der Waals surface area contributed by atoms with Crippen LogP contribution in [0.25, 0.3) is 0 Å². The van der Waals surface area contributed by atoms with E-state index in [4.69, 9.17) is 14.2 Å². The second-order valence-electron chi connectivity index (χ2n) is 3.59. The average molecular weight is 174 g/mol. The van der Waals surface area contributed by atoms with Crippen LogP contribution in [0, 0.1) is 0 Å². The van der Waals surface area contributed by atoms with Crippen LogP contribution >= 0.6 is 0 Å². The highest BCUT2D eigenvalue weighted by Gasteiger charge is 2.53. The van der Waals surface area contributed by atoms with Crippen molar-refractivity contribution in [3.8, 4) is 0 Å². The molecule has 0 aromatic heterocycles. The van der Waals surface area contributed by atoms with E-state index in [0.717, 1.165) is 6.42 Å². The van der Waals surface area contributed by atoms with Crippen LogP contribution in [-0.4, -0.2) is 24.8 Å². The fraction of sp³-hybridized carbons (Fsp3) is 1.00. The average Bonchev–Trinajstić information content (AvgIpc) is 1.83. The fourth-order valence-electron chi connectivity index (χ4n) is 1.58. The summed E-state index contributed by atoms with van der Waals surface area (Å²) in [5.41, 5.74) is -0.0929. The van der Waals surface area contributed by atoms with Gasteiger partial charge in [-0.3, -0.25) is 0 Å². The molecule has 0 atom stereocenters. The first-order valence-electron chi connectivity index (χ1n) is 4.52.